The molecule has 3 aromatic heterocycles. The highest BCUT2D eigenvalue weighted by atomic mass is 32.1. The van der Waals surface area contributed by atoms with Crippen LogP contribution < -0.4 is 0 Å². The number of fused-ring (bicyclic) bond motifs is 1. The van der Waals surface area contributed by atoms with E-state index in [9.17, 15) is 14.4 Å². The third kappa shape index (κ3) is 3.73. The first-order valence-corrected chi connectivity index (χ1v) is 11.3. The number of hydrogen-bond donors (Lipinski definition) is 0. The van der Waals surface area contributed by atoms with E-state index in [0.717, 1.165) is 10.2 Å². The molecule has 0 N–H and O–H groups in total. The molecule has 8 heteroatoms. The van der Waals surface area contributed by atoms with Gasteiger partial charge in [-0.1, -0.05) is 30.3 Å². The number of carbonyl (C=O) groups is 3. The number of benzene rings is 1. The Bertz CT molecular complexity index is 1270. The summed E-state index contributed by atoms with van der Waals surface area (Å²) in [4.78, 5) is 42.2. The van der Waals surface area contributed by atoms with Gasteiger partial charge < -0.3 is 18.8 Å². The normalized spacial score (nSPS) is 14.1. The average molecular weight is 448 g/mol. The van der Waals surface area contributed by atoms with Crippen molar-refractivity contribution >= 4 is 39.2 Å². The SMILES string of the molecule is O=C(Cn1c(C(=O)N2CCN(C(=O)c3ccco3)CC2)cc2sccc21)c1ccccc1. The predicted molar refractivity (Wildman–Crippen MR) is 121 cm³/mol. The third-order valence-corrected chi connectivity index (χ3v) is 6.58. The lowest BCUT2D eigenvalue weighted by atomic mass is 10.1. The van der Waals surface area contributed by atoms with Gasteiger partial charge in [0, 0.05) is 31.7 Å². The summed E-state index contributed by atoms with van der Waals surface area (Å²) in [6.45, 7) is 1.82. The standard InChI is InChI=1S/C24H21N3O4S/c28-20(17-5-2-1-3-6-17)16-27-18-8-14-32-22(18)15-19(27)23(29)25-9-11-26(12-10-25)24(30)21-7-4-13-31-21/h1-8,13-15H,9-12,16H2. The summed E-state index contributed by atoms with van der Waals surface area (Å²) < 4.78 is 7.98. The van der Waals surface area contributed by atoms with Gasteiger partial charge in [-0.15, -0.1) is 11.3 Å². The molecule has 0 spiro atoms. The number of thiophene rings is 1. The zero-order valence-electron chi connectivity index (χ0n) is 17.3. The Kier molecular flexibility index (Phi) is 5.36. The van der Waals surface area contributed by atoms with Crippen molar-refractivity contribution in [1.82, 2.24) is 14.4 Å². The van der Waals surface area contributed by atoms with Gasteiger partial charge in [0.15, 0.2) is 11.5 Å². The van der Waals surface area contributed by atoms with Crippen LogP contribution in [-0.2, 0) is 6.54 Å². The summed E-state index contributed by atoms with van der Waals surface area (Å²) in [7, 11) is 0. The second kappa shape index (κ2) is 8.47. The average Bonchev–Trinajstić information content (AvgIpc) is 3.58. The van der Waals surface area contributed by atoms with Crippen molar-refractivity contribution in [3.63, 3.8) is 0 Å². The largest absolute Gasteiger partial charge is 0.459 e. The number of carbonyl (C=O) groups excluding carboxylic acids is 3. The first-order chi connectivity index (χ1) is 15.6. The Balaban J connectivity index is 1.34. The van der Waals surface area contributed by atoms with Gasteiger partial charge in [0.1, 0.15) is 5.69 Å². The third-order valence-electron chi connectivity index (χ3n) is 5.73. The molecule has 0 radical (unpaired) electrons. The minimum absolute atomic E-state index is 0.0442. The van der Waals surface area contributed by atoms with Crippen molar-refractivity contribution in [3.8, 4) is 0 Å². The second-order valence-corrected chi connectivity index (χ2v) is 8.58. The summed E-state index contributed by atoms with van der Waals surface area (Å²) in [5.74, 6) is -0.0330. The smallest absolute Gasteiger partial charge is 0.289 e. The zero-order valence-corrected chi connectivity index (χ0v) is 18.1. The molecule has 0 unspecified atom stereocenters. The van der Waals surface area contributed by atoms with Gasteiger partial charge in [0.2, 0.25) is 0 Å². The Hall–Kier alpha value is -3.65. The number of rotatable bonds is 5. The van der Waals surface area contributed by atoms with E-state index in [1.54, 1.807) is 45.4 Å². The number of aromatic nitrogens is 1. The zero-order chi connectivity index (χ0) is 22.1. The monoisotopic (exact) mass is 447 g/mol. The molecule has 2 amide bonds. The summed E-state index contributed by atoms with van der Waals surface area (Å²) in [6.07, 6.45) is 1.48. The maximum Gasteiger partial charge on any atom is 0.289 e. The Morgan fingerprint density at radius 3 is 2.28 bits per heavy atom. The molecule has 1 saturated heterocycles. The number of furan rings is 1. The van der Waals surface area contributed by atoms with Crippen LogP contribution in [0.15, 0.2) is 70.7 Å². The molecule has 1 aliphatic heterocycles. The molecule has 7 nitrogen and oxygen atoms in total. The molecule has 4 heterocycles. The molecule has 0 saturated carbocycles. The number of nitrogens with zero attached hydrogens (tertiary/aromatic N) is 3. The first-order valence-electron chi connectivity index (χ1n) is 10.4. The molecule has 4 aromatic rings. The van der Waals surface area contributed by atoms with Crippen LogP contribution >= 0.6 is 11.3 Å². The molecule has 32 heavy (non-hydrogen) atoms. The fraction of sp³-hybridized carbons (Fsp3) is 0.208. The molecule has 0 aliphatic carbocycles. The van der Waals surface area contributed by atoms with Crippen molar-refractivity contribution < 1.29 is 18.8 Å². The van der Waals surface area contributed by atoms with E-state index in [1.165, 1.54) is 6.26 Å². The van der Waals surface area contributed by atoms with Crippen LogP contribution in [0.25, 0.3) is 10.2 Å². The fourth-order valence-corrected chi connectivity index (χ4v) is 4.84. The van der Waals surface area contributed by atoms with E-state index >= 15 is 0 Å². The van der Waals surface area contributed by atoms with Gasteiger partial charge in [0.05, 0.1) is 23.0 Å². The molecular weight excluding hydrogens is 426 g/mol. The van der Waals surface area contributed by atoms with Crippen LogP contribution in [0.2, 0.25) is 0 Å². The van der Waals surface area contributed by atoms with Gasteiger partial charge in [0.25, 0.3) is 11.8 Å². The maximum absolute atomic E-state index is 13.4. The molecule has 1 aliphatic rings. The van der Waals surface area contributed by atoms with Gasteiger partial charge in [-0.2, -0.15) is 0 Å². The quantitative estimate of drug-likeness (QED) is 0.437. The van der Waals surface area contributed by atoms with Crippen LogP contribution in [0.4, 0.5) is 0 Å². The molecule has 162 valence electrons. The fourth-order valence-electron chi connectivity index (χ4n) is 4.01. The van der Waals surface area contributed by atoms with Crippen molar-refractivity contribution in [3.05, 3.63) is 83.3 Å². The van der Waals surface area contributed by atoms with Crippen molar-refractivity contribution in [1.29, 1.82) is 0 Å². The van der Waals surface area contributed by atoms with E-state index < -0.39 is 0 Å². The van der Waals surface area contributed by atoms with Crippen LogP contribution in [0.3, 0.4) is 0 Å². The topological polar surface area (TPSA) is 75.8 Å². The van der Waals surface area contributed by atoms with Gasteiger partial charge >= 0.3 is 0 Å². The predicted octanol–water partition coefficient (Wildman–Crippen LogP) is 3.78. The van der Waals surface area contributed by atoms with Crippen LogP contribution in [0.5, 0.6) is 0 Å². The van der Waals surface area contributed by atoms with E-state index in [0.29, 0.717) is 43.2 Å². The van der Waals surface area contributed by atoms with Gasteiger partial charge in [-0.05, 0) is 29.6 Å². The van der Waals surface area contributed by atoms with E-state index in [4.69, 9.17) is 4.42 Å². The summed E-state index contributed by atoms with van der Waals surface area (Å²) >= 11 is 1.55. The van der Waals surface area contributed by atoms with E-state index in [1.807, 2.05) is 40.3 Å². The second-order valence-electron chi connectivity index (χ2n) is 7.64. The van der Waals surface area contributed by atoms with Crippen LogP contribution in [0.1, 0.15) is 31.4 Å². The molecular formula is C24H21N3O4S. The lowest BCUT2D eigenvalue weighted by Crippen LogP contribution is -2.50. The summed E-state index contributed by atoms with van der Waals surface area (Å²) in [5, 5.41) is 1.96. The van der Waals surface area contributed by atoms with Gasteiger partial charge in [-0.3, -0.25) is 14.4 Å². The first kappa shape index (κ1) is 20.3. The van der Waals surface area contributed by atoms with E-state index in [2.05, 4.69) is 0 Å². The Morgan fingerprint density at radius 1 is 0.875 bits per heavy atom. The van der Waals surface area contributed by atoms with Crippen molar-refractivity contribution in [2.75, 3.05) is 26.2 Å². The number of amides is 2. The van der Waals surface area contributed by atoms with Gasteiger partial charge in [-0.25, -0.2) is 0 Å². The molecule has 1 aromatic carbocycles. The highest BCUT2D eigenvalue weighted by molar-refractivity contribution is 7.17. The lowest BCUT2D eigenvalue weighted by molar-refractivity contribution is 0.0512. The molecule has 5 rings (SSSR count). The maximum atomic E-state index is 13.4. The Labute approximate surface area is 188 Å². The number of hydrogen-bond acceptors (Lipinski definition) is 5. The van der Waals surface area contributed by atoms with Crippen molar-refractivity contribution in [2.24, 2.45) is 0 Å². The minimum atomic E-state index is -0.167. The minimum Gasteiger partial charge on any atom is -0.459 e. The highest BCUT2D eigenvalue weighted by Crippen LogP contribution is 2.27. The molecule has 1 fully saturated rings. The summed E-state index contributed by atoms with van der Waals surface area (Å²) in [6, 6.07) is 16.2. The molecule has 0 atom stereocenters. The summed E-state index contributed by atoms with van der Waals surface area (Å²) in [5.41, 5.74) is 2.00. The highest BCUT2D eigenvalue weighted by Gasteiger charge is 2.29. The molecule has 0 bridgehead atoms. The van der Waals surface area contributed by atoms with E-state index in [-0.39, 0.29) is 24.1 Å². The lowest BCUT2D eigenvalue weighted by Gasteiger charge is -2.34. The van der Waals surface area contributed by atoms with Crippen LogP contribution in [0, 0.1) is 0 Å². The number of ketones is 1. The van der Waals surface area contributed by atoms with Crippen molar-refractivity contribution in [2.45, 2.75) is 6.54 Å². The number of piperazine rings is 1. The number of Topliss-reactive ketones (excluding diaryl/α,β-unsaturated/α-hetero) is 1. The Morgan fingerprint density at radius 2 is 1.59 bits per heavy atom. The van der Waals surface area contributed by atoms with Crippen LogP contribution in [-0.4, -0.2) is 58.1 Å².